The van der Waals surface area contributed by atoms with Crippen molar-refractivity contribution in [3.63, 3.8) is 0 Å². The van der Waals surface area contributed by atoms with Crippen molar-refractivity contribution in [2.75, 3.05) is 44.9 Å². The summed E-state index contributed by atoms with van der Waals surface area (Å²) in [6, 6.07) is 6.87. The monoisotopic (exact) mass is 269 g/mol. The van der Waals surface area contributed by atoms with Crippen molar-refractivity contribution in [1.82, 2.24) is 9.91 Å². The van der Waals surface area contributed by atoms with Gasteiger partial charge in [0, 0.05) is 38.1 Å². The van der Waals surface area contributed by atoms with Crippen LogP contribution in [0, 0.1) is 0 Å². The molecule has 0 bridgehead atoms. The highest BCUT2D eigenvalue weighted by Crippen LogP contribution is 2.14. The Hall–Kier alpha value is -1.11. The van der Waals surface area contributed by atoms with Crippen LogP contribution in [0.15, 0.2) is 29.2 Å². The van der Waals surface area contributed by atoms with Gasteiger partial charge in [0.2, 0.25) is 0 Å². The number of benzene rings is 1. The maximum absolute atomic E-state index is 11.3. The van der Waals surface area contributed by atoms with Crippen LogP contribution < -0.4 is 5.43 Å². The molecule has 1 aromatic carbocycles. The fraction of sp³-hybridized carbons (Fsp3) is 0.500. The summed E-state index contributed by atoms with van der Waals surface area (Å²) in [5, 5.41) is 2.15. The second-order valence-corrected chi connectivity index (χ2v) is 6.71. The van der Waals surface area contributed by atoms with Crippen molar-refractivity contribution < 1.29 is 8.42 Å². The SMILES string of the molecule is CN1CCN(Nc2ccc(S(C)(=O)=O)cc2)CC1. The number of hydrogen-bond donors (Lipinski definition) is 1. The molecule has 6 heteroatoms. The van der Waals surface area contributed by atoms with Crippen LogP contribution in [-0.4, -0.2) is 57.8 Å². The molecule has 100 valence electrons. The van der Waals surface area contributed by atoms with Gasteiger partial charge in [-0.15, -0.1) is 0 Å². The molecule has 0 saturated carbocycles. The Labute approximate surface area is 108 Å². The second kappa shape index (κ2) is 5.26. The Morgan fingerprint density at radius 3 is 2.11 bits per heavy atom. The van der Waals surface area contributed by atoms with Gasteiger partial charge in [0.25, 0.3) is 0 Å². The van der Waals surface area contributed by atoms with E-state index in [9.17, 15) is 8.42 Å². The molecule has 0 aromatic heterocycles. The quantitative estimate of drug-likeness (QED) is 0.874. The lowest BCUT2D eigenvalue weighted by molar-refractivity contribution is 0.179. The first kappa shape index (κ1) is 13.3. The van der Waals surface area contributed by atoms with Gasteiger partial charge < -0.3 is 10.3 Å². The Bertz CT molecular complexity index is 491. The smallest absolute Gasteiger partial charge is 0.175 e. The van der Waals surface area contributed by atoms with Crippen LogP contribution in [-0.2, 0) is 9.84 Å². The number of nitrogens with one attached hydrogen (secondary N) is 1. The lowest BCUT2D eigenvalue weighted by Gasteiger charge is -2.33. The Morgan fingerprint density at radius 1 is 1.06 bits per heavy atom. The summed E-state index contributed by atoms with van der Waals surface area (Å²) in [4.78, 5) is 2.64. The van der Waals surface area contributed by atoms with Gasteiger partial charge in [-0.25, -0.2) is 13.4 Å². The van der Waals surface area contributed by atoms with Gasteiger partial charge >= 0.3 is 0 Å². The number of piperazine rings is 1. The summed E-state index contributed by atoms with van der Waals surface area (Å²) in [6.07, 6.45) is 1.22. The van der Waals surface area contributed by atoms with Gasteiger partial charge in [-0.3, -0.25) is 0 Å². The molecule has 0 aliphatic carbocycles. The molecule has 0 radical (unpaired) electrons. The average molecular weight is 269 g/mol. The maximum atomic E-state index is 11.3. The van der Waals surface area contributed by atoms with Crippen LogP contribution in [0.2, 0.25) is 0 Å². The molecule has 0 unspecified atom stereocenters. The standard InChI is InChI=1S/C12H19N3O2S/c1-14-7-9-15(10-8-14)13-11-3-5-12(6-4-11)18(2,16)17/h3-6,13H,7-10H2,1-2H3. The third-order valence-electron chi connectivity index (χ3n) is 3.07. The Morgan fingerprint density at radius 2 is 1.61 bits per heavy atom. The minimum absolute atomic E-state index is 0.353. The van der Waals surface area contributed by atoms with Crippen LogP contribution in [0.4, 0.5) is 5.69 Å². The fourth-order valence-corrected chi connectivity index (χ4v) is 2.51. The predicted octanol–water partition coefficient (Wildman–Crippen LogP) is 0.664. The summed E-state index contributed by atoms with van der Waals surface area (Å²) in [6.45, 7) is 4.00. The van der Waals surface area contributed by atoms with E-state index in [1.165, 1.54) is 6.26 Å². The molecular formula is C12H19N3O2S. The number of nitrogens with zero attached hydrogens (tertiary/aromatic N) is 2. The zero-order valence-corrected chi connectivity index (χ0v) is 11.6. The largest absolute Gasteiger partial charge is 0.319 e. The first-order chi connectivity index (χ1) is 8.45. The van der Waals surface area contributed by atoms with Crippen molar-refractivity contribution in [1.29, 1.82) is 0 Å². The van der Waals surface area contributed by atoms with Crippen molar-refractivity contribution in [2.45, 2.75) is 4.90 Å². The van der Waals surface area contributed by atoms with Crippen LogP contribution >= 0.6 is 0 Å². The van der Waals surface area contributed by atoms with Crippen LogP contribution in [0.3, 0.4) is 0 Å². The van der Waals surface area contributed by atoms with E-state index < -0.39 is 9.84 Å². The van der Waals surface area contributed by atoms with Gasteiger partial charge in [-0.1, -0.05) is 0 Å². The molecular weight excluding hydrogens is 250 g/mol. The van der Waals surface area contributed by atoms with Crippen molar-refractivity contribution in [3.8, 4) is 0 Å². The molecule has 18 heavy (non-hydrogen) atoms. The summed E-state index contributed by atoms with van der Waals surface area (Å²) in [5.74, 6) is 0. The Kier molecular flexibility index (Phi) is 3.89. The first-order valence-electron chi connectivity index (χ1n) is 5.95. The number of anilines is 1. The van der Waals surface area contributed by atoms with Gasteiger partial charge in [-0.2, -0.15) is 0 Å². The average Bonchev–Trinajstić information content (AvgIpc) is 2.32. The van der Waals surface area contributed by atoms with E-state index in [1.54, 1.807) is 24.3 Å². The first-order valence-corrected chi connectivity index (χ1v) is 7.84. The van der Waals surface area contributed by atoms with E-state index in [0.717, 1.165) is 31.9 Å². The molecule has 5 nitrogen and oxygen atoms in total. The van der Waals surface area contributed by atoms with E-state index in [0.29, 0.717) is 4.90 Å². The molecule has 1 fully saturated rings. The Balaban J connectivity index is 1.98. The highest BCUT2D eigenvalue weighted by molar-refractivity contribution is 7.90. The summed E-state index contributed by atoms with van der Waals surface area (Å²) in [7, 11) is -0.999. The van der Waals surface area contributed by atoms with Crippen LogP contribution in [0.5, 0.6) is 0 Å². The van der Waals surface area contributed by atoms with E-state index in [4.69, 9.17) is 0 Å². The molecule has 1 aromatic rings. The second-order valence-electron chi connectivity index (χ2n) is 4.70. The fourth-order valence-electron chi connectivity index (χ4n) is 1.88. The van der Waals surface area contributed by atoms with Crippen molar-refractivity contribution in [2.24, 2.45) is 0 Å². The summed E-state index contributed by atoms with van der Waals surface area (Å²) >= 11 is 0. The molecule has 1 N–H and O–H groups in total. The third kappa shape index (κ3) is 3.44. The third-order valence-corrected chi connectivity index (χ3v) is 4.20. The number of hydrazine groups is 1. The van der Waals surface area contributed by atoms with Crippen LogP contribution in [0.25, 0.3) is 0 Å². The molecule has 1 saturated heterocycles. The predicted molar refractivity (Wildman–Crippen MR) is 72.2 cm³/mol. The van der Waals surface area contributed by atoms with E-state index >= 15 is 0 Å². The number of sulfone groups is 1. The van der Waals surface area contributed by atoms with Crippen molar-refractivity contribution in [3.05, 3.63) is 24.3 Å². The zero-order chi connectivity index (χ0) is 13.2. The van der Waals surface area contributed by atoms with E-state index in [2.05, 4.69) is 22.4 Å². The zero-order valence-electron chi connectivity index (χ0n) is 10.8. The maximum Gasteiger partial charge on any atom is 0.175 e. The molecule has 0 atom stereocenters. The molecule has 0 amide bonds. The van der Waals surface area contributed by atoms with Crippen LogP contribution in [0.1, 0.15) is 0 Å². The van der Waals surface area contributed by atoms with Crippen molar-refractivity contribution >= 4 is 15.5 Å². The molecule has 2 rings (SSSR count). The van der Waals surface area contributed by atoms with E-state index in [-0.39, 0.29) is 0 Å². The highest BCUT2D eigenvalue weighted by Gasteiger charge is 2.13. The number of likely N-dealkylation sites (N-methyl/N-ethyl adjacent to an activating group) is 1. The summed E-state index contributed by atoms with van der Waals surface area (Å²) in [5.41, 5.74) is 4.22. The minimum atomic E-state index is -3.11. The van der Waals surface area contributed by atoms with Gasteiger partial charge in [0.05, 0.1) is 4.90 Å². The molecule has 0 spiro atoms. The lowest BCUT2D eigenvalue weighted by atomic mass is 10.3. The topological polar surface area (TPSA) is 52.6 Å². The van der Waals surface area contributed by atoms with Gasteiger partial charge in [-0.05, 0) is 31.3 Å². The molecule has 1 aliphatic heterocycles. The number of rotatable bonds is 3. The normalized spacial score (nSPS) is 18.8. The lowest BCUT2D eigenvalue weighted by Crippen LogP contribution is -2.46. The number of hydrogen-bond acceptors (Lipinski definition) is 5. The molecule has 1 heterocycles. The van der Waals surface area contributed by atoms with Gasteiger partial charge in [0.1, 0.15) is 0 Å². The van der Waals surface area contributed by atoms with E-state index in [1.807, 2.05) is 0 Å². The molecule has 1 aliphatic rings. The van der Waals surface area contributed by atoms with Gasteiger partial charge in [0.15, 0.2) is 9.84 Å². The summed E-state index contributed by atoms with van der Waals surface area (Å²) < 4.78 is 22.7. The highest BCUT2D eigenvalue weighted by atomic mass is 32.2. The minimum Gasteiger partial charge on any atom is -0.319 e.